The maximum Gasteiger partial charge on any atom is 0.0949 e. The van der Waals surface area contributed by atoms with E-state index in [1.165, 1.54) is 0 Å². The average Bonchev–Trinajstić information content (AvgIpc) is 2.45. The van der Waals surface area contributed by atoms with E-state index >= 15 is 0 Å². The second-order valence-corrected chi connectivity index (χ2v) is 6.02. The summed E-state index contributed by atoms with van der Waals surface area (Å²) in [6, 6.07) is 0.420. The van der Waals surface area contributed by atoms with Crippen LogP contribution in [0, 0.1) is 11.8 Å². The van der Waals surface area contributed by atoms with Crippen molar-refractivity contribution in [2.75, 3.05) is 6.61 Å². The molecule has 3 aliphatic rings. The summed E-state index contributed by atoms with van der Waals surface area (Å²) in [5, 5.41) is 4.32. The lowest BCUT2D eigenvalue weighted by Gasteiger charge is -2.32. The molecule has 1 heterocycles. The van der Waals surface area contributed by atoms with Crippen LogP contribution in [0.4, 0.5) is 0 Å². The van der Waals surface area contributed by atoms with E-state index < -0.39 is 0 Å². The van der Waals surface area contributed by atoms with Crippen LogP contribution in [0.25, 0.3) is 0 Å². The summed E-state index contributed by atoms with van der Waals surface area (Å²) in [6.07, 6.45) is 19.3. The topological polar surface area (TPSA) is 21.3 Å². The Kier molecular flexibility index (Phi) is 4.25. The van der Waals surface area contributed by atoms with Gasteiger partial charge in [0.15, 0.2) is 0 Å². The van der Waals surface area contributed by atoms with Gasteiger partial charge in [-0.05, 0) is 19.1 Å². The minimum absolute atomic E-state index is 0.0476. The highest BCUT2D eigenvalue weighted by Gasteiger charge is 2.26. The van der Waals surface area contributed by atoms with Crippen LogP contribution in [-0.2, 0) is 4.74 Å². The van der Waals surface area contributed by atoms with Gasteiger partial charge in [0, 0.05) is 22.9 Å². The Morgan fingerprint density at radius 1 is 1.15 bits per heavy atom. The van der Waals surface area contributed by atoms with Crippen LogP contribution in [0.5, 0.6) is 0 Å². The van der Waals surface area contributed by atoms with Crippen molar-refractivity contribution in [2.45, 2.75) is 25.1 Å². The van der Waals surface area contributed by atoms with Crippen molar-refractivity contribution in [1.82, 2.24) is 5.32 Å². The first kappa shape index (κ1) is 13.9. The summed E-state index contributed by atoms with van der Waals surface area (Å²) in [4.78, 5) is 0. The lowest BCUT2D eigenvalue weighted by Crippen LogP contribution is -2.45. The summed E-state index contributed by atoms with van der Waals surface area (Å²) >= 11 is 6.10. The highest BCUT2D eigenvalue weighted by Crippen LogP contribution is 2.25. The third-order valence-electron chi connectivity index (χ3n) is 3.99. The van der Waals surface area contributed by atoms with E-state index in [0.717, 1.165) is 11.6 Å². The van der Waals surface area contributed by atoms with E-state index in [2.05, 4.69) is 54.8 Å². The SMILES string of the molecule is C[C@@H]1/C=C\C2C=CC=CC2COC2C=CC(Cl)=CC2N1. The first-order chi connectivity index (χ1) is 9.72. The molecule has 0 bridgehead atoms. The zero-order valence-electron chi connectivity index (χ0n) is 11.6. The van der Waals surface area contributed by atoms with E-state index in [0.29, 0.717) is 11.8 Å². The molecule has 0 aromatic heterocycles. The quantitative estimate of drug-likeness (QED) is 0.691. The molecular formula is C17H20ClNO. The zero-order chi connectivity index (χ0) is 13.9. The molecule has 20 heavy (non-hydrogen) atoms. The highest BCUT2D eigenvalue weighted by molar-refractivity contribution is 6.31. The number of nitrogens with one attached hydrogen (secondary N) is 1. The molecule has 0 aromatic carbocycles. The minimum Gasteiger partial charge on any atom is -0.372 e. The molecule has 3 heteroatoms. The first-order valence-electron chi connectivity index (χ1n) is 7.19. The van der Waals surface area contributed by atoms with Gasteiger partial charge >= 0.3 is 0 Å². The first-order valence-corrected chi connectivity index (χ1v) is 7.56. The van der Waals surface area contributed by atoms with Gasteiger partial charge in [0.25, 0.3) is 0 Å². The molecule has 0 radical (unpaired) electrons. The van der Waals surface area contributed by atoms with Crippen LogP contribution in [0.15, 0.2) is 59.7 Å². The number of ether oxygens (including phenoxy) is 1. The van der Waals surface area contributed by atoms with E-state index in [1.807, 2.05) is 12.2 Å². The number of fused-ring (bicyclic) bond motifs is 2. The molecule has 3 rings (SSSR count). The fourth-order valence-corrected chi connectivity index (χ4v) is 3.06. The van der Waals surface area contributed by atoms with Crippen molar-refractivity contribution in [1.29, 1.82) is 0 Å². The third-order valence-corrected chi connectivity index (χ3v) is 4.25. The molecule has 1 aliphatic heterocycles. The zero-order valence-corrected chi connectivity index (χ0v) is 12.3. The molecular weight excluding hydrogens is 270 g/mol. The molecule has 0 saturated heterocycles. The van der Waals surface area contributed by atoms with Crippen molar-refractivity contribution in [3.05, 3.63) is 59.7 Å². The third kappa shape index (κ3) is 3.14. The van der Waals surface area contributed by atoms with Gasteiger partial charge in [-0.25, -0.2) is 0 Å². The van der Waals surface area contributed by atoms with Crippen LogP contribution in [0.3, 0.4) is 0 Å². The molecule has 0 aromatic rings. The Bertz CT molecular complexity index is 503. The predicted molar refractivity (Wildman–Crippen MR) is 83.6 cm³/mol. The average molecular weight is 290 g/mol. The van der Waals surface area contributed by atoms with E-state index in [-0.39, 0.29) is 18.2 Å². The van der Waals surface area contributed by atoms with Crippen LogP contribution < -0.4 is 5.32 Å². The van der Waals surface area contributed by atoms with Crippen LogP contribution in [0.2, 0.25) is 0 Å². The second kappa shape index (κ2) is 6.13. The van der Waals surface area contributed by atoms with Gasteiger partial charge in [0.1, 0.15) is 0 Å². The van der Waals surface area contributed by atoms with Gasteiger partial charge < -0.3 is 10.1 Å². The van der Waals surface area contributed by atoms with Crippen molar-refractivity contribution < 1.29 is 4.74 Å². The molecule has 0 fully saturated rings. The van der Waals surface area contributed by atoms with E-state index in [4.69, 9.17) is 16.3 Å². The number of allylic oxidation sites excluding steroid dienone is 6. The molecule has 2 aliphatic carbocycles. The maximum atomic E-state index is 6.12. The van der Waals surface area contributed by atoms with Gasteiger partial charge in [-0.3, -0.25) is 0 Å². The number of rotatable bonds is 0. The molecule has 2 nitrogen and oxygen atoms in total. The molecule has 5 atom stereocenters. The highest BCUT2D eigenvalue weighted by atomic mass is 35.5. The van der Waals surface area contributed by atoms with Gasteiger partial charge in [0.05, 0.1) is 18.8 Å². The molecule has 4 unspecified atom stereocenters. The second-order valence-electron chi connectivity index (χ2n) is 5.59. The van der Waals surface area contributed by atoms with Gasteiger partial charge in [0.2, 0.25) is 0 Å². The molecule has 0 amide bonds. The van der Waals surface area contributed by atoms with E-state index in [9.17, 15) is 0 Å². The maximum absolute atomic E-state index is 6.12. The smallest absolute Gasteiger partial charge is 0.0949 e. The fourth-order valence-electron chi connectivity index (χ4n) is 2.85. The molecule has 0 spiro atoms. The Hall–Kier alpha value is -1.09. The summed E-state index contributed by atoms with van der Waals surface area (Å²) in [5.41, 5.74) is 0. The van der Waals surface area contributed by atoms with Crippen molar-refractivity contribution in [3.8, 4) is 0 Å². The molecule has 106 valence electrons. The predicted octanol–water partition coefficient (Wildman–Crippen LogP) is 3.34. The van der Waals surface area contributed by atoms with Gasteiger partial charge in [-0.1, -0.05) is 54.1 Å². The van der Waals surface area contributed by atoms with Crippen LogP contribution in [-0.4, -0.2) is 24.8 Å². The lowest BCUT2D eigenvalue weighted by atomic mass is 9.88. The van der Waals surface area contributed by atoms with Gasteiger partial charge in [-0.2, -0.15) is 0 Å². The van der Waals surface area contributed by atoms with Crippen molar-refractivity contribution in [3.63, 3.8) is 0 Å². The Labute approximate surface area is 125 Å². The standard InChI is InChI=1S/C17H20ClNO/c1-12-6-7-13-4-2-3-5-14(13)11-20-17-9-8-15(18)10-16(17)19-12/h2-10,12-14,16-17,19H,11H2,1H3/b7-6-/t12-,13?,14?,16?,17?/m1/s1. The van der Waals surface area contributed by atoms with Crippen molar-refractivity contribution in [2.24, 2.45) is 11.8 Å². The van der Waals surface area contributed by atoms with E-state index in [1.54, 1.807) is 0 Å². The Morgan fingerprint density at radius 2 is 2.00 bits per heavy atom. The summed E-state index contributed by atoms with van der Waals surface area (Å²) in [7, 11) is 0. The minimum atomic E-state index is 0.0476. The number of hydrogen-bond donors (Lipinski definition) is 1. The summed E-state index contributed by atoms with van der Waals surface area (Å²) < 4.78 is 6.12. The Balaban J connectivity index is 1.82. The summed E-state index contributed by atoms with van der Waals surface area (Å²) in [5.74, 6) is 0.837. The lowest BCUT2D eigenvalue weighted by molar-refractivity contribution is 0.0450. The normalized spacial score (nSPS) is 41.5. The fraction of sp³-hybridized carbons (Fsp3) is 0.412. The number of halogens is 1. The monoisotopic (exact) mass is 289 g/mol. The van der Waals surface area contributed by atoms with Crippen LogP contribution >= 0.6 is 11.6 Å². The largest absolute Gasteiger partial charge is 0.372 e. The molecule has 0 saturated carbocycles. The Morgan fingerprint density at radius 3 is 2.90 bits per heavy atom. The van der Waals surface area contributed by atoms with Crippen molar-refractivity contribution >= 4 is 11.6 Å². The van der Waals surface area contributed by atoms with Crippen LogP contribution in [0.1, 0.15) is 6.92 Å². The summed E-state index contributed by atoms with van der Waals surface area (Å²) in [6.45, 7) is 2.88. The molecule has 1 N–H and O–H groups in total. The number of hydrogen-bond acceptors (Lipinski definition) is 2. The van der Waals surface area contributed by atoms with Gasteiger partial charge in [-0.15, -0.1) is 0 Å².